The van der Waals surface area contributed by atoms with Crippen LogP contribution in [0.5, 0.6) is 0 Å². The van der Waals surface area contributed by atoms with Crippen molar-refractivity contribution in [2.45, 2.75) is 38.3 Å². The van der Waals surface area contributed by atoms with Gasteiger partial charge >= 0.3 is 0 Å². The fraction of sp³-hybridized carbons (Fsp3) is 0.727. The van der Waals surface area contributed by atoms with E-state index < -0.39 is 0 Å². The molecule has 1 aromatic heterocycles. The lowest BCUT2D eigenvalue weighted by atomic mass is 10.0. The van der Waals surface area contributed by atoms with Gasteiger partial charge in [0.25, 0.3) is 0 Å². The minimum Gasteiger partial charge on any atom is -0.338 e. The number of amides is 1. The quantitative estimate of drug-likeness (QED) is 0.800. The summed E-state index contributed by atoms with van der Waals surface area (Å²) in [7, 11) is 0. The monoisotopic (exact) mass is 237 g/mol. The summed E-state index contributed by atoms with van der Waals surface area (Å²) in [4.78, 5) is 17.9. The van der Waals surface area contributed by atoms with Gasteiger partial charge in [-0.15, -0.1) is 0 Å². The minimum absolute atomic E-state index is 0.177. The van der Waals surface area contributed by atoms with Crippen molar-refractivity contribution in [3.8, 4) is 0 Å². The Hall–Kier alpha value is -1.43. The van der Waals surface area contributed by atoms with Crippen molar-refractivity contribution in [1.82, 2.24) is 19.7 Å². The van der Waals surface area contributed by atoms with E-state index in [1.807, 2.05) is 4.90 Å². The number of carbonyl (C=O) groups excluding carboxylic acids is 1. The van der Waals surface area contributed by atoms with Gasteiger partial charge in [-0.3, -0.25) is 9.48 Å². The zero-order valence-electron chi connectivity index (χ0n) is 9.96. The predicted molar refractivity (Wildman–Crippen MR) is 63.0 cm³/mol. The van der Waals surface area contributed by atoms with Crippen LogP contribution < -0.4 is 5.73 Å². The fourth-order valence-corrected chi connectivity index (χ4v) is 2.28. The van der Waals surface area contributed by atoms with Gasteiger partial charge in [-0.1, -0.05) is 0 Å². The lowest BCUT2D eigenvalue weighted by Crippen LogP contribution is -2.47. The smallest absolute Gasteiger partial charge is 0.224 e. The third-order valence-electron chi connectivity index (χ3n) is 3.24. The van der Waals surface area contributed by atoms with E-state index >= 15 is 0 Å². The summed E-state index contributed by atoms with van der Waals surface area (Å²) in [6.45, 7) is 2.00. The molecule has 2 N–H and O–H groups in total. The molecular weight excluding hydrogens is 218 g/mol. The third-order valence-corrected chi connectivity index (χ3v) is 3.24. The van der Waals surface area contributed by atoms with Gasteiger partial charge in [0.1, 0.15) is 12.7 Å². The molecular formula is C11H19N5O. The second kappa shape index (κ2) is 5.77. The van der Waals surface area contributed by atoms with E-state index in [-0.39, 0.29) is 11.9 Å². The molecule has 1 fully saturated rings. The molecule has 0 saturated carbocycles. The summed E-state index contributed by atoms with van der Waals surface area (Å²) in [5.41, 5.74) is 5.70. The molecule has 1 aromatic rings. The summed E-state index contributed by atoms with van der Waals surface area (Å²) in [5.74, 6) is 0.177. The lowest BCUT2D eigenvalue weighted by Gasteiger charge is -2.35. The number of aryl methyl sites for hydroxylation is 1. The molecule has 1 atom stereocenters. The zero-order chi connectivity index (χ0) is 12.1. The van der Waals surface area contributed by atoms with Gasteiger partial charge < -0.3 is 10.6 Å². The van der Waals surface area contributed by atoms with Gasteiger partial charge in [0.2, 0.25) is 5.91 Å². The number of aromatic nitrogens is 3. The van der Waals surface area contributed by atoms with Crippen LogP contribution in [0, 0.1) is 0 Å². The number of nitrogens with zero attached hydrogens (tertiary/aromatic N) is 4. The maximum atomic E-state index is 12.1. The summed E-state index contributed by atoms with van der Waals surface area (Å²) in [6.07, 6.45) is 6.88. The Kier molecular flexibility index (Phi) is 4.08. The number of rotatable bonds is 4. The highest BCUT2D eigenvalue weighted by molar-refractivity contribution is 5.76. The molecule has 0 spiro atoms. The Bertz CT molecular complexity index is 351. The molecule has 17 heavy (non-hydrogen) atoms. The second-order valence-corrected chi connectivity index (χ2v) is 4.38. The first kappa shape index (κ1) is 12.0. The molecule has 6 nitrogen and oxygen atoms in total. The first-order valence-electron chi connectivity index (χ1n) is 6.13. The van der Waals surface area contributed by atoms with Crippen LogP contribution >= 0.6 is 0 Å². The summed E-state index contributed by atoms with van der Waals surface area (Å²) < 4.78 is 1.68. The van der Waals surface area contributed by atoms with Gasteiger partial charge in [-0.05, 0) is 19.3 Å². The molecule has 2 heterocycles. The Morgan fingerprint density at radius 1 is 1.47 bits per heavy atom. The van der Waals surface area contributed by atoms with E-state index in [9.17, 15) is 4.79 Å². The summed E-state index contributed by atoms with van der Waals surface area (Å²) in [5, 5.41) is 3.98. The number of likely N-dealkylation sites (tertiary alicyclic amines) is 1. The van der Waals surface area contributed by atoms with Crippen molar-refractivity contribution in [2.75, 3.05) is 13.1 Å². The van der Waals surface area contributed by atoms with E-state index in [2.05, 4.69) is 10.1 Å². The van der Waals surface area contributed by atoms with E-state index in [0.717, 1.165) is 19.4 Å². The molecule has 1 unspecified atom stereocenters. The molecule has 0 radical (unpaired) electrons. The topological polar surface area (TPSA) is 77.0 Å². The highest BCUT2D eigenvalue weighted by Gasteiger charge is 2.24. The number of hydrogen-bond donors (Lipinski definition) is 1. The molecule has 1 aliphatic heterocycles. The predicted octanol–water partition coefficient (Wildman–Crippen LogP) is 0.00800. The van der Waals surface area contributed by atoms with Crippen LogP contribution in [-0.4, -0.2) is 44.7 Å². The van der Waals surface area contributed by atoms with Crippen molar-refractivity contribution in [1.29, 1.82) is 0 Å². The van der Waals surface area contributed by atoms with E-state index in [1.54, 1.807) is 11.0 Å². The molecule has 6 heteroatoms. The number of nitrogens with two attached hydrogens (primary N) is 1. The maximum Gasteiger partial charge on any atom is 0.224 e. The van der Waals surface area contributed by atoms with Crippen molar-refractivity contribution >= 4 is 5.91 Å². The maximum absolute atomic E-state index is 12.1. The van der Waals surface area contributed by atoms with Crippen molar-refractivity contribution < 1.29 is 4.79 Å². The van der Waals surface area contributed by atoms with Crippen LogP contribution in [-0.2, 0) is 11.3 Å². The Morgan fingerprint density at radius 2 is 2.35 bits per heavy atom. The van der Waals surface area contributed by atoms with Gasteiger partial charge in [0, 0.05) is 25.6 Å². The molecule has 1 aliphatic rings. The van der Waals surface area contributed by atoms with Crippen molar-refractivity contribution in [3.63, 3.8) is 0 Å². The molecule has 2 rings (SSSR count). The standard InChI is InChI=1S/C11H19N5O/c12-7-10-3-1-2-5-16(10)11(17)4-6-15-9-13-8-14-15/h8-10H,1-7,12H2. The highest BCUT2D eigenvalue weighted by atomic mass is 16.2. The van der Waals surface area contributed by atoms with Crippen LogP contribution in [0.1, 0.15) is 25.7 Å². The first-order chi connectivity index (χ1) is 8.31. The number of carbonyl (C=O) groups is 1. The lowest BCUT2D eigenvalue weighted by molar-refractivity contribution is -0.134. The average molecular weight is 237 g/mol. The normalized spacial score (nSPS) is 20.5. The van der Waals surface area contributed by atoms with E-state index in [4.69, 9.17) is 5.73 Å². The minimum atomic E-state index is 0.177. The Morgan fingerprint density at radius 3 is 3.06 bits per heavy atom. The molecule has 0 aromatic carbocycles. The fourth-order valence-electron chi connectivity index (χ4n) is 2.28. The van der Waals surface area contributed by atoms with Crippen molar-refractivity contribution in [3.05, 3.63) is 12.7 Å². The molecule has 1 amide bonds. The van der Waals surface area contributed by atoms with Gasteiger partial charge in [-0.2, -0.15) is 5.10 Å². The molecule has 0 bridgehead atoms. The van der Waals surface area contributed by atoms with Crippen LogP contribution in [0.25, 0.3) is 0 Å². The highest BCUT2D eigenvalue weighted by Crippen LogP contribution is 2.17. The average Bonchev–Trinajstić information content (AvgIpc) is 2.89. The molecule has 0 aliphatic carbocycles. The number of piperidine rings is 1. The largest absolute Gasteiger partial charge is 0.338 e. The van der Waals surface area contributed by atoms with Gasteiger partial charge in [0.05, 0.1) is 6.54 Å². The van der Waals surface area contributed by atoms with Crippen LogP contribution in [0.15, 0.2) is 12.7 Å². The third kappa shape index (κ3) is 3.03. The molecule has 1 saturated heterocycles. The summed E-state index contributed by atoms with van der Waals surface area (Å²) >= 11 is 0. The first-order valence-corrected chi connectivity index (χ1v) is 6.13. The van der Waals surface area contributed by atoms with Gasteiger partial charge in [-0.25, -0.2) is 4.98 Å². The van der Waals surface area contributed by atoms with E-state index in [1.165, 1.54) is 12.7 Å². The van der Waals surface area contributed by atoms with Crippen LogP contribution in [0.4, 0.5) is 0 Å². The van der Waals surface area contributed by atoms with Crippen molar-refractivity contribution in [2.24, 2.45) is 5.73 Å². The molecule has 94 valence electrons. The Labute approximate surface area is 101 Å². The van der Waals surface area contributed by atoms with Crippen LogP contribution in [0.3, 0.4) is 0 Å². The second-order valence-electron chi connectivity index (χ2n) is 4.38. The van der Waals surface area contributed by atoms with E-state index in [0.29, 0.717) is 19.5 Å². The SMILES string of the molecule is NCC1CCCCN1C(=O)CCn1cncn1. The summed E-state index contributed by atoms with van der Waals surface area (Å²) in [6, 6.07) is 0.229. The van der Waals surface area contributed by atoms with Gasteiger partial charge in [0.15, 0.2) is 0 Å². The van der Waals surface area contributed by atoms with Crippen LogP contribution in [0.2, 0.25) is 0 Å². The zero-order valence-corrected chi connectivity index (χ0v) is 9.96. The Balaban J connectivity index is 1.85. The number of hydrogen-bond acceptors (Lipinski definition) is 4.